The average Bonchev–Trinajstić information content (AvgIpc) is 2.80. The van der Waals surface area contributed by atoms with Gasteiger partial charge in [0.05, 0.1) is 11.1 Å². The molecular formula is C10H9IN4O2. The number of nitro benzene ring substituents is 1. The van der Waals surface area contributed by atoms with Crippen molar-refractivity contribution in [3.05, 3.63) is 49.8 Å². The maximum atomic E-state index is 10.9. The summed E-state index contributed by atoms with van der Waals surface area (Å²) in [5.74, 6) is 0. The number of nitrogens with one attached hydrogen (secondary N) is 2. The molecule has 2 rings (SSSR count). The van der Waals surface area contributed by atoms with Crippen LogP contribution in [-0.2, 0) is 6.54 Å². The van der Waals surface area contributed by atoms with Crippen molar-refractivity contribution in [2.24, 2.45) is 0 Å². The van der Waals surface area contributed by atoms with Crippen molar-refractivity contribution in [3.63, 3.8) is 0 Å². The largest absolute Gasteiger partial charge is 0.375 e. The van der Waals surface area contributed by atoms with Gasteiger partial charge in [0.15, 0.2) is 0 Å². The molecule has 0 fully saturated rings. The number of aromatic amines is 1. The van der Waals surface area contributed by atoms with E-state index in [-0.39, 0.29) is 10.6 Å². The number of hydrogen-bond donors (Lipinski definition) is 2. The van der Waals surface area contributed by atoms with Gasteiger partial charge in [0.2, 0.25) is 0 Å². The first-order valence-corrected chi connectivity index (χ1v) is 5.90. The lowest BCUT2D eigenvalue weighted by Crippen LogP contribution is -2.02. The Balaban J connectivity index is 2.17. The summed E-state index contributed by atoms with van der Waals surface area (Å²) in [6, 6.07) is 5.07. The van der Waals surface area contributed by atoms with Crippen LogP contribution in [0.1, 0.15) is 5.56 Å². The number of nitro groups is 1. The molecule has 0 amide bonds. The normalized spacial score (nSPS) is 10.2. The van der Waals surface area contributed by atoms with Gasteiger partial charge in [0.1, 0.15) is 5.69 Å². The van der Waals surface area contributed by atoms with Gasteiger partial charge in [-0.1, -0.05) is 0 Å². The fraction of sp³-hybridized carbons (Fsp3) is 0.100. The molecule has 0 radical (unpaired) electrons. The van der Waals surface area contributed by atoms with Crippen molar-refractivity contribution in [2.75, 3.05) is 5.32 Å². The monoisotopic (exact) mass is 344 g/mol. The van der Waals surface area contributed by atoms with Crippen molar-refractivity contribution in [2.45, 2.75) is 6.54 Å². The van der Waals surface area contributed by atoms with E-state index in [2.05, 4.69) is 15.5 Å². The van der Waals surface area contributed by atoms with E-state index in [9.17, 15) is 10.1 Å². The van der Waals surface area contributed by atoms with Crippen LogP contribution >= 0.6 is 22.6 Å². The molecule has 0 aliphatic heterocycles. The molecule has 1 aromatic carbocycles. The third-order valence-electron chi connectivity index (χ3n) is 2.19. The summed E-state index contributed by atoms with van der Waals surface area (Å²) in [6.45, 7) is 0.498. The Bertz CT molecular complexity index is 527. The van der Waals surface area contributed by atoms with E-state index in [0.717, 1.165) is 9.13 Å². The van der Waals surface area contributed by atoms with E-state index < -0.39 is 0 Å². The fourth-order valence-electron chi connectivity index (χ4n) is 1.38. The van der Waals surface area contributed by atoms with Crippen LogP contribution in [0.25, 0.3) is 0 Å². The summed E-state index contributed by atoms with van der Waals surface area (Å²) in [4.78, 5) is 10.5. The van der Waals surface area contributed by atoms with Crippen LogP contribution in [0.15, 0.2) is 30.6 Å². The molecule has 6 nitrogen and oxygen atoms in total. The number of rotatable bonds is 4. The second-order valence-electron chi connectivity index (χ2n) is 3.38. The summed E-state index contributed by atoms with van der Waals surface area (Å²) < 4.78 is 0.836. The lowest BCUT2D eigenvalue weighted by atomic mass is 10.2. The minimum Gasteiger partial charge on any atom is -0.375 e. The first kappa shape index (κ1) is 11.8. The fourth-order valence-corrected chi connectivity index (χ4v) is 1.85. The smallest absolute Gasteiger partial charge is 0.293 e. The van der Waals surface area contributed by atoms with Crippen molar-refractivity contribution in [1.29, 1.82) is 0 Å². The number of hydrogen-bond acceptors (Lipinski definition) is 4. The maximum absolute atomic E-state index is 10.9. The van der Waals surface area contributed by atoms with Crippen molar-refractivity contribution in [1.82, 2.24) is 10.2 Å². The van der Waals surface area contributed by atoms with Crippen LogP contribution in [0.5, 0.6) is 0 Å². The lowest BCUT2D eigenvalue weighted by molar-refractivity contribution is -0.384. The highest BCUT2D eigenvalue weighted by Crippen LogP contribution is 2.26. The minimum atomic E-state index is -0.389. The standard InChI is InChI=1S/C10H9IN4O2/c11-8-1-2-9(10(3-8)15(16)17)12-4-7-5-13-14-6-7/h1-3,5-6,12H,4H2,(H,13,14). The Morgan fingerprint density at radius 3 is 3.00 bits per heavy atom. The van der Waals surface area contributed by atoms with E-state index in [1.807, 2.05) is 28.7 Å². The summed E-state index contributed by atoms with van der Waals surface area (Å²) in [5, 5.41) is 20.4. The highest BCUT2D eigenvalue weighted by atomic mass is 127. The zero-order valence-electron chi connectivity index (χ0n) is 8.68. The maximum Gasteiger partial charge on any atom is 0.293 e. The minimum absolute atomic E-state index is 0.0837. The Morgan fingerprint density at radius 1 is 1.53 bits per heavy atom. The zero-order chi connectivity index (χ0) is 12.3. The van der Waals surface area contributed by atoms with Gasteiger partial charge < -0.3 is 5.32 Å². The Kier molecular flexibility index (Phi) is 3.57. The summed E-state index contributed by atoms with van der Waals surface area (Å²) in [6.07, 6.45) is 3.41. The summed E-state index contributed by atoms with van der Waals surface area (Å²) >= 11 is 2.05. The second-order valence-corrected chi connectivity index (χ2v) is 4.62. The van der Waals surface area contributed by atoms with Gasteiger partial charge >= 0.3 is 0 Å². The Hall–Kier alpha value is -1.64. The number of aromatic nitrogens is 2. The van der Waals surface area contributed by atoms with Crippen LogP contribution < -0.4 is 5.32 Å². The molecule has 0 aliphatic carbocycles. The van der Waals surface area contributed by atoms with Crippen molar-refractivity contribution < 1.29 is 4.92 Å². The number of benzene rings is 1. The third-order valence-corrected chi connectivity index (χ3v) is 2.87. The first-order chi connectivity index (χ1) is 8.16. The van der Waals surface area contributed by atoms with Crippen molar-refractivity contribution in [3.8, 4) is 0 Å². The van der Waals surface area contributed by atoms with Gasteiger partial charge in [0, 0.05) is 27.9 Å². The van der Waals surface area contributed by atoms with Crippen molar-refractivity contribution >= 4 is 34.0 Å². The number of nitrogens with zero attached hydrogens (tertiary/aromatic N) is 2. The molecule has 17 heavy (non-hydrogen) atoms. The van der Waals surface area contributed by atoms with E-state index in [4.69, 9.17) is 0 Å². The van der Waals surface area contributed by atoms with E-state index >= 15 is 0 Å². The second kappa shape index (κ2) is 5.13. The molecule has 0 bridgehead atoms. The highest BCUT2D eigenvalue weighted by molar-refractivity contribution is 14.1. The molecular weight excluding hydrogens is 335 g/mol. The SMILES string of the molecule is O=[N+]([O-])c1cc(I)ccc1NCc1cn[nH]c1. The highest BCUT2D eigenvalue weighted by Gasteiger charge is 2.13. The number of H-pyrrole nitrogens is 1. The van der Waals surface area contributed by atoms with E-state index in [1.54, 1.807) is 18.5 Å². The van der Waals surface area contributed by atoms with Crippen LogP contribution in [0.4, 0.5) is 11.4 Å². The molecule has 88 valence electrons. The van der Waals surface area contributed by atoms with Crippen LogP contribution in [-0.4, -0.2) is 15.1 Å². The van der Waals surface area contributed by atoms with Crippen LogP contribution in [0, 0.1) is 13.7 Å². The molecule has 0 saturated carbocycles. The van der Waals surface area contributed by atoms with Crippen LogP contribution in [0.2, 0.25) is 0 Å². The lowest BCUT2D eigenvalue weighted by Gasteiger charge is -2.05. The van der Waals surface area contributed by atoms with E-state index in [0.29, 0.717) is 12.2 Å². The molecule has 0 aliphatic rings. The molecule has 0 atom stereocenters. The first-order valence-electron chi connectivity index (χ1n) is 4.82. The Labute approximate surface area is 111 Å². The van der Waals surface area contributed by atoms with Gasteiger partial charge in [-0.15, -0.1) is 0 Å². The number of halogens is 1. The summed E-state index contributed by atoms with van der Waals surface area (Å²) in [5.41, 5.74) is 1.54. The molecule has 7 heteroatoms. The van der Waals surface area contributed by atoms with Gasteiger partial charge in [-0.2, -0.15) is 5.10 Å². The van der Waals surface area contributed by atoms with E-state index in [1.165, 1.54) is 6.07 Å². The quantitative estimate of drug-likeness (QED) is 0.507. The molecule has 0 unspecified atom stereocenters. The molecule has 1 heterocycles. The topological polar surface area (TPSA) is 83.8 Å². The van der Waals surface area contributed by atoms with Crippen LogP contribution in [0.3, 0.4) is 0 Å². The summed E-state index contributed by atoms with van der Waals surface area (Å²) in [7, 11) is 0. The molecule has 0 saturated heterocycles. The van der Waals surface area contributed by atoms with Gasteiger partial charge in [-0.25, -0.2) is 0 Å². The predicted molar refractivity (Wildman–Crippen MR) is 71.7 cm³/mol. The molecule has 2 aromatic rings. The van der Waals surface area contributed by atoms with Gasteiger partial charge in [0.25, 0.3) is 5.69 Å². The average molecular weight is 344 g/mol. The molecule has 2 N–H and O–H groups in total. The van der Waals surface area contributed by atoms with Gasteiger partial charge in [-0.05, 0) is 34.7 Å². The van der Waals surface area contributed by atoms with Gasteiger partial charge in [-0.3, -0.25) is 15.2 Å². The number of anilines is 1. The third kappa shape index (κ3) is 2.93. The predicted octanol–water partition coefficient (Wildman–Crippen LogP) is 2.53. The molecule has 0 spiro atoms. The molecule has 1 aromatic heterocycles. The zero-order valence-corrected chi connectivity index (χ0v) is 10.8. The Morgan fingerprint density at radius 2 is 2.35 bits per heavy atom.